The molecule has 13 heavy (non-hydrogen) atoms. The molecule has 1 unspecified atom stereocenters. The standard InChI is InChI=1S/C10H22N2S/c1-7(2)9(5)12(6)10(13)11-8(3)4/h7-9H,1-6H3,(H,11,13). The van der Waals surface area contributed by atoms with Gasteiger partial charge in [-0.1, -0.05) is 13.8 Å². The number of hydrogen-bond donors (Lipinski definition) is 1. The van der Waals surface area contributed by atoms with Crippen LogP contribution < -0.4 is 5.32 Å². The Morgan fingerprint density at radius 3 is 1.92 bits per heavy atom. The monoisotopic (exact) mass is 202 g/mol. The molecular weight excluding hydrogens is 180 g/mol. The Hall–Kier alpha value is -0.310. The molecule has 0 bridgehead atoms. The molecule has 0 radical (unpaired) electrons. The van der Waals surface area contributed by atoms with Crippen molar-refractivity contribution in [3.05, 3.63) is 0 Å². The topological polar surface area (TPSA) is 15.3 Å². The van der Waals surface area contributed by atoms with E-state index in [1.807, 2.05) is 7.05 Å². The summed E-state index contributed by atoms with van der Waals surface area (Å²) in [6.45, 7) is 10.8. The lowest BCUT2D eigenvalue weighted by atomic mass is 10.1. The Balaban J connectivity index is 4.09. The van der Waals surface area contributed by atoms with Gasteiger partial charge in [-0.2, -0.15) is 0 Å². The van der Waals surface area contributed by atoms with Crippen molar-refractivity contribution in [1.29, 1.82) is 0 Å². The molecule has 1 N–H and O–H groups in total. The minimum Gasteiger partial charge on any atom is -0.360 e. The van der Waals surface area contributed by atoms with Gasteiger partial charge in [0, 0.05) is 19.1 Å². The molecular formula is C10H22N2S. The van der Waals surface area contributed by atoms with Gasteiger partial charge in [-0.25, -0.2) is 0 Å². The zero-order valence-corrected chi connectivity index (χ0v) is 10.4. The third-order valence-electron chi connectivity index (χ3n) is 2.31. The highest BCUT2D eigenvalue weighted by molar-refractivity contribution is 7.80. The molecule has 0 saturated carbocycles. The van der Waals surface area contributed by atoms with Crippen LogP contribution in [0, 0.1) is 5.92 Å². The van der Waals surface area contributed by atoms with Gasteiger partial charge in [0.2, 0.25) is 0 Å². The minimum atomic E-state index is 0.411. The van der Waals surface area contributed by atoms with Crippen LogP contribution in [0.4, 0.5) is 0 Å². The van der Waals surface area contributed by atoms with Gasteiger partial charge in [0.25, 0.3) is 0 Å². The molecule has 0 saturated heterocycles. The van der Waals surface area contributed by atoms with Crippen molar-refractivity contribution in [2.24, 2.45) is 5.92 Å². The van der Waals surface area contributed by atoms with Gasteiger partial charge in [0.15, 0.2) is 5.11 Å². The van der Waals surface area contributed by atoms with Crippen LogP contribution in [0.15, 0.2) is 0 Å². The third kappa shape index (κ3) is 4.46. The van der Waals surface area contributed by atoms with Crippen LogP contribution in [0.1, 0.15) is 34.6 Å². The maximum atomic E-state index is 5.26. The van der Waals surface area contributed by atoms with E-state index >= 15 is 0 Å². The zero-order chi connectivity index (χ0) is 10.6. The summed E-state index contributed by atoms with van der Waals surface area (Å²) >= 11 is 5.26. The lowest BCUT2D eigenvalue weighted by Crippen LogP contribution is -2.46. The summed E-state index contributed by atoms with van der Waals surface area (Å²) in [5.74, 6) is 0.622. The summed E-state index contributed by atoms with van der Waals surface area (Å²) in [5.41, 5.74) is 0. The van der Waals surface area contributed by atoms with Gasteiger partial charge in [-0.15, -0.1) is 0 Å². The molecule has 0 amide bonds. The van der Waals surface area contributed by atoms with Crippen molar-refractivity contribution in [2.75, 3.05) is 7.05 Å². The summed E-state index contributed by atoms with van der Waals surface area (Å²) < 4.78 is 0. The first-order chi connectivity index (χ1) is 5.86. The Morgan fingerprint density at radius 1 is 1.15 bits per heavy atom. The second-order valence-corrected chi connectivity index (χ2v) is 4.59. The molecule has 2 nitrogen and oxygen atoms in total. The van der Waals surface area contributed by atoms with E-state index in [4.69, 9.17) is 12.2 Å². The summed E-state index contributed by atoms with van der Waals surface area (Å²) in [6.07, 6.45) is 0. The lowest BCUT2D eigenvalue weighted by Gasteiger charge is -2.31. The molecule has 0 aromatic heterocycles. The van der Waals surface area contributed by atoms with E-state index < -0.39 is 0 Å². The summed E-state index contributed by atoms with van der Waals surface area (Å²) in [4.78, 5) is 2.12. The summed E-state index contributed by atoms with van der Waals surface area (Å²) in [6, 6.07) is 0.896. The molecule has 0 aliphatic carbocycles. The maximum Gasteiger partial charge on any atom is 0.169 e. The highest BCUT2D eigenvalue weighted by Crippen LogP contribution is 2.08. The SMILES string of the molecule is CC(C)NC(=S)N(C)C(C)C(C)C. The Bertz CT molecular complexity index is 166. The zero-order valence-electron chi connectivity index (χ0n) is 9.59. The first kappa shape index (κ1) is 12.7. The van der Waals surface area contributed by atoms with Crippen molar-refractivity contribution in [2.45, 2.75) is 46.7 Å². The summed E-state index contributed by atoms with van der Waals surface area (Å²) in [5, 5.41) is 4.08. The first-order valence-corrected chi connectivity index (χ1v) is 5.30. The largest absolute Gasteiger partial charge is 0.360 e. The fraction of sp³-hybridized carbons (Fsp3) is 0.900. The van der Waals surface area contributed by atoms with Crippen LogP contribution in [0.5, 0.6) is 0 Å². The Kier molecular flexibility index (Phi) is 5.30. The van der Waals surface area contributed by atoms with Gasteiger partial charge in [-0.3, -0.25) is 0 Å². The van der Waals surface area contributed by atoms with Crippen LogP contribution in [0.3, 0.4) is 0 Å². The molecule has 1 atom stereocenters. The maximum absolute atomic E-state index is 5.26. The Labute approximate surface area is 87.7 Å². The predicted molar refractivity (Wildman–Crippen MR) is 62.9 cm³/mol. The fourth-order valence-corrected chi connectivity index (χ4v) is 1.38. The van der Waals surface area contributed by atoms with Crippen molar-refractivity contribution in [1.82, 2.24) is 10.2 Å². The number of nitrogens with zero attached hydrogens (tertiary/aromatic N) is 1. The number of nitrogens with one attached hydrogen (secondary N) is 1. The predicted octanol–water partition coefficient (Wildman–Crippen LogP) is 2.25. The normalized spacial score (nSPS) is 13.2. The van der Waals surface area contributed by atoms with Crippen molar-refractivity contribution in [3.63, 3.8) is 0 Å². The number of thiocarbonyl (C=S) groups is 1. The molecule has 0 aromatic carbocycles. The molecule has 0 spiro atoms. The van der Waals surface area contributed by atoms with Crippen LogP contribution in [0.2, 0.25) is 0 Å². The molecule has 0 heterocycles. The second-order valence-electron chi connectivity index (χ2n) is 4.20. The third-order valence-corrected chi connectivity index (χ3v) is 2.71. The van der Waals surface area contributed by atoms with Gasteiger partial charge in [0.1, 0.15) is 0 Å². The highest BCUT2D eigenvalue weighted by atomic mass is 32.1. The van der Waals surface area contributed by atoms with E-state index in [1.165, 1.54) is 0 Å². The lowest BCUT2D eigenvalue weighted by molar-refractivity contribution is 0.304. The van der Waals surface area contributed by atoms with Crippen LogP contribution in [-0.4, -0.2) is 29.1 Å². The van der Waals surface area contributed by atoms with Crippen molar-refractivity contribution in [3.8, 4) is 0 Å². The number of rotatable bonds is 3. The molecule has 0 aliphatic rings. The average molecular weight is 202 g/mol. The number of hydrogen-bond acceptors (Lipinski definition) is 1. The van der Waals surface area contributed by atoms with Crippen LogP contribution in [-0.2, 0) is 0 Å². The van der Waals surface area contributed by atoms with E-state index in [0.29, 0.717) is 18.0 Å². The van der Waals surface area contributed by atoms with E-state index in [1.54, 1.807) is 0 Å². The average Bonchev–Trinajstić information content (AvgIpc) is 2.00. The first-order valence-electron chi connectivity index (χ1n) is 4.89. The van der Waals surface area contributed by atoms with E-state index in [9.17, 15) is 0 Å². The molecule has 0 aromatic rings. The Morgan fingerprint density at radius 2 is 1.62 bits per heavy atom. The molecule has 0 rings (SSSR count). The molecule has 3 heteroatoms. The van der Waals surface area contributed by atoms with Crippen LogP contribution >= 0.6 is 12.2 Å². The fourth-order valence-electron chi connectivity index (χ4n) is 0.981. The molecule has 0 aliphatic heterocycles. The molecule has 78 valence electrons. The highest BCUT2D eigenvalue weighted by Gasteiger charge is 2.15. The summed E-state index contributed by atoms with van der Waals surface area (Å²) in [7, 11) is 2.04. The van der Waals surface area contributed by atoms with Gasteiger partial charge in [-0.05, 0) is 38.9 Å². The molecule has 0 fully saturated rings. The van der Waals surface area contributed by atoms with E-state index in [0.717, 1.165) is 5.11 Å². The van der Waals surface area contributed by atoms with E-state index in [2.05, 4.69) is 44.8 Å². The van der Waals surface area contributed by atoms with Crippen LogP contribution in [0.25, 0.3) is 0 Å². The van der Waals surface area contributed by atoms with Gasteiger partial charge >= 0.3 is 0 Å². The smallest absolute Gasteiger partial charge is 0.169 e. The van der Waals surface area contributed by atoms with Crippen molar-refractivity contribution >= 4 is 17.3 Å². The minimum absolute atomic E-state index is 0.411. The van der Waals surface area contributed by atoms with Gasteiger partial charge < -0.3 is 10.2 Å². The van der Waals surface area contributed by atoms with E-state index in [-0.39, 0.29) is 0 Å². The quantitative estimate of drug-likeness (QED) is 0.707. The second kappa shape index (κ2) is 5.43. The van der Waals surface area contributed by atoms with Crippen molar-refractivity contribution < 1.29 is 0 Å². The van der Waals surface area contributed by atoms with Gasteiger partial charge in [0.05, 0.1) is 0 Å².